The molecule has 1 aromatic heterocycles. The highest BCUT2D eigenvalue weighted by Crippen LogP contribution is 2.31. The lowest BCUT2D eigenvalue weighted by atomic mass is 10.1. The van der Waals surface area contributed by atoms with Crippen molar-refractivity contribution in [3.63, 3.8) is 0 Å². The summed E-state index contributed by atoms with van der Waals surface area (Å²) >= 11 is 0. The highest BCUT2D eigenvalue weighted by molar-refractivity contribution is 5.52. The van der Waals surface area contributed by atoms with Gasteiger partial charge in [-0.3, -0.25) is 4.68 Å². The van der Waals surface area contributed by atoms with Gasteiger partial charge in [0.25, 0.3) is 0 Å². The normalized spacial score (nSPS) is 21.0. The second-order valence-corrected chi connectivity index (χ2v) is 3.38. The van der Waals surface area contributed by atoms with Gasteiger partial charge in [-0.25, -0.2) is 0 Å². The summed E-state index contributed by atoms with van der Waals surface area (Å²) in [7, 11) is 1.73. The van der Waals surface area contributed by atoms with Gasteiger partial charge in [0.05, 0.1) is 0 Å². The van der Waals surface area contributed by atoms with Crippen molar-refractivity contribution in [3.8, 4) is 6.07 Å². The molecule has 1 unspecified atom stereocenters. The van der Waals surface area contributed by atoms with Gasteiger partial charge in [-0.15, -0.1) is 0 Å². The van der Waals surface area contributed by atoms with Crippen molar-refractivity contribution in [2.75, 3.05) is 12.3 Å². The van der Waals surface area contributed by atoms with Crippen molar-refractivity contribution >= 4 is 5.82 Å². The summed E-state index contributed by atoms with van der Waals surface area (Å²) in [4.78, 5) is 0. The zero-order valence-corrected chi connectivity index (χ0v) is 8.03. The quantitative estimate of drug-likeness (QED) is 0.711. The maximum absolute atomic E-state index is 8.93. The van der Waals surface area contributed by atoms with Crippen molar-refractivity contribution in [2.45, 2.75) is 18.9 Å². The van der Waals surface area contributed by atoms with Gasteiger partial charge in [0.15, 0.2) is 0 Å². The Morgan fingerprint density at radius 2 is 2.50 bits per heavy atom. The van der Waals surface area contributed by atoms with E-state index in [1.54, 1.807) is 7.05 Å². The van der Waals surface area contributed by atoms with E-state index in [1.165, 1.54) is 4.68 Å². The Balaban J connectivity index is 2.42. The number of anilines is 1. The Hall–Kier alpha value is -1.54. The van der Waals surface area contributed by atoms with E-state index in [2.05, 4.69) is 11.2 Å². The lowest BCUT2D eigenvalue weighted by Crippen LogP contribution is -2.00. The molecule has 0 radical (unpaired) electrons. The van der Waals surface area contributed by atoms with Crippen LogP contribution in [-0.2, 0) is 11.8 Å². The summed E-state index contributed by atoms with van der Waals surface area (Å²) in [5.41, 5.74) is 6.85. The number of aromatic nitrogens is 2. The minimum Gasteiger partial charge on any atom is -0.383 e. The Labute approximate surface area is 82.1 Å². The van der Waals surface area contributed by atoms with Crippen molar-refractivity contribution in [3.05, 3.63) is 11.3 Å². The number of rotatable bonds is 1. The number of nitrogens with zero attached hydrogens (tertiary/aromatic N) is 3. The van der Waals surface area contributed by atoms with E-state index in [9.17, 15) is 0 Å². The van der Waals surface area contributed by atoms with Crippen LogP contribution in [0.2, 0.25) is 0 Å². The summed E-state index contributed by atoms with van der Waals surface area (Å²) < 4.78 is 6.99. The molecule has 74 valence electrons. The molecule has 0 spiro atoms. The van der Waals surface area contributed by atoms with E-state index >= 15 is 0 Å². The second-order valence-electron chi connectivity index (χ2n) is 3.38. The van der Waals surface area contributed by atoms with Gasteiger partial charge in [-0.05, 0) is 12.8 Å². The molecule has 2 heterocycles. The molecule has 2 rings (SSSR count). The van der Waals surface area contributed by atoms with Gasteiger partial charge in [-0.1, -0.05) is 0 Å². The first-order chi connectivity index (χ1) is 6.74. The molecule has 5 heteroatoms. The molecule has 1 atom stereocenters. The van der Waals surface area contributed by atoms with E-state index in [4.69, 9.17) is 15.7 Å². The molecule has 0 saturated carbocycles. The third-order valence-electron chi connectivity index (χ3n) is 2.47. The van der Waals surface area contributed by atoms with Gasteiger partial charge in [-0.2, -0.15) is 10.4 Å². The van der Waals surface area contributed by atoms with E-state index in [0.717, 1.165) is 19.4 Å². The molecule has 0 aromatic carbocycles. The van der Waals surface area contributed by atoms with Crippen LogP contribution in [0.5, 0.6) is 0 Å². The highest BCUT2D eigenvalue weighted by atomic mass is 16.5. The van der Waals surface area contributed by atoms with Crippen molar-refractivity contribution < 1.29 is 4.74 Å². The van der Waals surface area contributed by atoms with Crippen LogP contribution < -0.4 is 5.73 Å². The molecule has 0 aliphatic carbocycles. The number of nitriles is 1. The van der Waals surface area contributed by atoms with Crippen LogP contribution in [0.4, 0.5) is 5.82 Å². The minimum atomic E-state index is -0.0480. The maximum Gasteiger partial charge on any atom is 0.139 e. The fraction of sp³-hybridized carbons (Fsp3) is 0.556. The highest BCUT2D eigenvalue weighted by Gasteiger charge is 2.25. The first kappa shape index (κ1) is 9.03. The molecule has 2 N–H and O–H groups in total. The van der Waals surface area contributed by atoms with Crippen LogP contribution in [0.15, 0.2) is 0 Å². The number of nitrogens with two attached hydrogens (primary N) is 1. The summed E-state index contributed by atoms with van der Waals surface area (Å²) in [6, 6.07) is 2.07. The second kappa shape index (κ2) is 3.31. The van der Waals surface area contributed by atoms with Crippen molar-refractivity contribution in [1.82, 2.24) is 9.78 Å². The minimum absolute atomic E-state index is 0.0480. The van der Waals surface area contributed by atoms with E-state index in [1.807, 2.05) is 0 Å². The predicted octanol–water partition coefficient (Wildman–Crippen LogP) is 0.725. The van der Waals surface area contributed by atoms with Crippen LogP contribution >= 0.6 is 0 Å². The third kappa shape index (κ3) is 1.24. The summed E-state index contributed by atoms with van der Waals surface area (Å²) in [5, 5.41) is 13.1. The van der Waals surface area contributed by atoms with Gasteiger partial charge < -0.3 is 10.5 Å². The zero-order chi connectivity index (χ0) is 10.1. The SMILES string of the molecule is Cn1nc(C2CCCO2)c(C#N)c1N. The largest absolute Gasteiger partial charge is 0.383 e. The standard InChI is InChI=1S/C9H12N4O/c1-13-9(11)6(5-10)8(12-13)7-3-2-4-14-7/h7H,2-4,11H2,1H3. The van der Waals surface area contributed by atoms with Crippen LogP contribution in [0.3, 0.4) is 0 Å². The Morgan fingerprint density at radius 1 is 1.71 bits per heavy atom. The molecule has 1 aliphatic heterocycles. The molecule has 5 nitrogen and oxygen atoms in total. The summed E-state index contributed by atoms with van der Waals surface area (Å²) in [6.07, 6.45) is 1.89. The molecule has 1 fully saturated rings. The molecule has 1 aromatic rings. The molecule has 0 bridgehead atoms. The van der Waals surface area contributed by atoms with Crippen molar-refractivity contribution in [1.29, 1.82) is 5.26 Å². The molecular weight excluding hydrogens is 180 g/mol. The number of nitrogen functional groups attached to an aromatic ring is 1. The topological polar surface area (TPSA) is 76.9 Å². The average molecular weight is 192 g/mol. The van der Waals surface area contributed by atoms with E-state index in [0.29, 0.717) is 17.1 Å². The van der Waals surface area contributed by atoms with Crippen molar-refractivity contribution in [2.24, 2.45) is 7.05 Å². The van der Waals surface area contributed by atoms with Gasteiger partial charge >= 0.3 is 0 Å². The lowest BCUT2D eigenvalue weighted by Gasteiger charge is -2.04. The lowest BCUT2D eigenvalue weighted by molar-refractivity contribution is 0.108. The Bertz CT molecular complexity index is 384. The van der Waals surface area contributed by atoms with Gasteiger partial charge in [0, 0.05) is 13.7 Å². The molecule has 1 aliphatic rings. The van der Waals surface area contributed by atoms with Crippen LogP contribution in [-0.4, -0.2) is 16.4 Å². The predicted molar refractivity (Wildman–Crippen MR) is 50.3 cm³/mol. The number of hydrogen-bond donors (Lipinski definition) is 1. The fourth-order valence-electron chi connectivity index (χ4n) is 1.69. The van der Waals surface area contributed by atoms with E-state index in [-0.39, 0.29) is 6.10 Å². The summed E-state index contributed by atoms with van der Waals surface area (Å²) in [6.45, 7) is 0.742. The zero-order valence-electron chi connectivity index (χ0n) is 8.03. The number of aryl methyl sites for hydroxylation is 1. The van der Waals surface area contributed by atoms with Crippen LogP contribution in [0.1, 0.15) is 30.2 Å². The molecule has 14 heavy (non-hydrogen) atoms. The average Bonchev–Trinajstić information content (AvgIpc) is 2.76. The molecule has 1 saturated heterocycles. The van der Waals surface area contributed by atoms with Crippen LogP contribution in [0.25, 0.3) is 0 Å². The third-order valence-corrected chi connectivity index (χ3v) is 2.47. The summed E-state index contributed by atoms with van der Waals surface area (Å²) in [5.74, 6) is 0.415. The van der Waals surface area contributed by atoms with Gasteiger partial charge in [0.1, 0.15) is 29.2 Å². The number of hydrogen-bond acceptors (Lipinski definition) is 4. The Morgan fingerprint density at radius 3 is 3.07 bits per heavy atom. The van der Waals surface area contributed by atoms with Gasteiger partial charge in [0.2, 0.25) is 0 Å². The maximum atomic E-state index is 8.93. The van der Waals surface area contributed by atoms with E-state index < -0.39 is 0 Å². The smallest absolute Gasteiger partial charge is 0.139 e. The number of ether oxygens (including phenoxy) is 1. The first-order valence-corrected chi connectivity index (χ1v) is 4.58. The molecular formula is C9H12N4O. The fourth-order valence-corrected chi connectivity index (χ4v) is 1.69. The monoisotopic (exact) mass is 192 g/mol. The van der Waals surface area contributed by atoms with Crippen LogP contribution in [0, 0.1) is 11.3 Å². The molecule has 0 amide bonds. The Kier molecular flexibility index (Phi) is 2.14. The first-order valence-electron chi connectivity index (χ1n) is 4.58.